The number of rotatable bonds is 5. The van der Waals surface area contributed by atoms with E-state index >= 15 is 0 Å². The first-order valence-corrected chi connectivity index (χ1v) is 22.0. The molecule has 0 fully saturated rings. The molecular formula is C61H52O. The zero-order valence-corrected chi connectivity index (χ0v) is 36.3. The Morgan fingerprint density at radius 1 is 0.661 bits per heavy atom. The zero-order valence-electron chi connectivity index (χ0n) is 36.3. The third-order valence-corrected chi connectivity index (χ3v) is 14.0. The Bertz CT molecular complexity index is 3130. The first-order chi connectivity index (χ1) is 30.2. The Hall–Kier alpha value is -6.96. The van der Waals surface area contributed by atoms with Gasteiger partial charge in [-0.2, -0.15) is 0 Å². The number of hydrogen-bond acceptors (Lipinski definition) is 1. The lowest BCUT2D eigenvalue weighted by atomic mass is 9.67. The molecule has 0 amide bonds. The maximum absolute atomic E-state index is 6.55. The molecule has 0 saturated heterocycles. The molecule has 4 aliphatic rings. The van der Waals surface area contributed by atoms with Crippen LogP contribution in [-0.2, 0) is 23.7 Å². The molecule has 0 spiro atoms. The molecule has 1 nitrogen and oxygen atoms in total. The van der Waals surface area contributed by atoms with Gasteiger partial charge in [0.1, 0.15) is 11.2 Å². The predicted molar refractivity (Wildman–Crippen MR) is 262 cm³/mol. The van der Waals surface area contributed by atoms with E-state index in [-0.39, 0.29) is 5.41 Å². The molecule has 0 bridgehead atoms. The van der Waals surface area contributed by atoms with E-state index in [0.29, 0.717) is 0 Å². The Balaban J connectivity index is 0.000000175. The van der Waals surface area contributed by atoms with Gasteiger partial charge in [-0.15, -0.1) is 0 Å². The van der Waals surface area contributed by atoms with Gasteiger partial charge in [-0.25, -0.2) is 0 Å². The van der Waals surface area contributed by atoms with Crippen molar-refractivity contribution >= 4 is 22.8 Å². The molecule has 0 N–H and O–H groups in total. The molecule has 6 aromatic carbocycles. The fraction of sp³-hybridized carbons (Fsp3) is 0.148. The molecule has 0 atom stereocenters. The van der Waals surface area contributed by atoms with E-state index in [1.54, 1.807) is 0 Å². The zero-order chi connectivity index (χ0) is 42.8. The minimum absolute atomic E-state index is 0.00597. The van der Waals surface area contributed by atoms with Crippen molar-refractivity contribution in [3.05, 3.63) is 261 Å². The summed E-state index contributed by atoms with van der Waals surface area (Å²) in [4.78, 5) is 0. The van der Waals surface area contributed by atoms with Crippen molar-refractivity contribution in [3.8, 4) is 22.3 Å². The molecule has 1 aromatic heterocycles. The Labute approximate surface area is 366 Å². The van der Waals surface area contributed by atoms with E-state index < -0.39 is 5.41 Å². The highest BCUT2D eigenvalue weighted by atomic mass is 16.3. The minimum atomic E-state index is -0.393. The van der Waals surface area contributed by atoms with Gasteiger partial charge >= 0.3 is 0 Å². The lowest BCUT2D eigenvalue weighted by molar-refractivity contribution is 0.512. The second-order valence-electron chi connectivity index (χ2n) is 17.6. The van der Waals surface area contributed by atoms with Gasteiger partial charge in [0, 0.05) is 21.8 Å². The summed E-state index contributed by atoms with van der Waals surface area (Å²) in [6.45, 7) is 21.2. The highest BCUT2D eigenvalue weighted by Gasteiger charge is 2.46. The number of allylic oxidation sites excluding steroid dienone is 7. The molecule has 302 valence electrons. The first kappa shape index (κ1) is 39.2. The van der Waals surface area contributed by atoms with Crippen LogP contribution in [0.5, 0.6) is 0 Å². The maximum atomic E-state index is 6.55. The van der Waals surface area contributed by atoms with Crippen molar-refractivity contribution in [1.82, 2.24) is 0 Å². The molecule has 0 saturated carbocycles. The second kappa shape index (κ2) is 15.2. The molecule has 1 heterocycles. The van der Waals surface area contributed by atoms with Crippen LogP contribution in [0.4, 0.5) is 0 Å². The van der Waals surface area contributed by atoms with Crippen molar-refractivity contribution in [3.63, 3.8) is 0 Å². The second-order valence-corrected chi connectivity index (χ2v) is 17.6. The van der Waals surface area contributed by atoms with Gasteiger partial charge in [0.2, 0.25) is 0 Å². The lowest BCUT2D eigenvalue weighted by Crippen LogP contribution is -2.28. The van der Waals surface area contributed by atoms with E-state index in [9.17, 15) is 0 Å². The van der Waals surface area contributed by atoms with Crippen LogP contribution >= 0.6 is 0 Å². The molecule has 1 heteroatoms. The molecule has 4 aliphatic carbocycles. The fourth-order valence-corrected chi connectivity index (χ4v) is 10.9. The van der Waals surface area contributed by atoms with Gasteiger partial charge in [-0.05, 0) is 128 Å². The summed E-state index contributed by atoms with van der Waals surface area (Å²) in [6.07, 6.45) is 13.5. The van der Waals surface area contributed by atoms with Crippen LogP contribution < -0.4 is 10.6 Å². The molecule has 0 radical (unpaired) electrons. The monoisotopic (exact) mass is 800 g/mol. The standard InChI is InChI=1S/C39H32O.C22H20/c1-4-30(38-31(5-2)34-19-13-14-26(3)37(34)40-38)27-22-24-29(25-23-27)39(28-15-7-6-8-16-28)35-20-11-9-17-32(35)33-18-10-12-21-36(33)39;1-5-8-17-14(2)22(3,4)21-12-16-11-15-9-6-7-10-18(15)19(16)13-20(17)21/h4-12,14-18,20-25H,1,13,19H2,2-3H3;5-10,12-13H,1-2,11H2,3-4H3/b31-5-,38-30-;17-8+. The van der Waals surface area contributed by atoms with E-state index in [1.807, 2.05) is 12.2 Å². The summed E-state index contributed by atoms with van der Waals surface area (Å²) in [5.74, 6) is 1.02. The summed E-state index contributed by atoms with van der Waals surface area (Å²) in [5, 5.41) is 1.20. The summed E-state index contributed by atoms with van der Waals surface area (Å²) >= 11 is 0. The minimum Gasteiger partial charge on any atom is -0.456 e. The van der Waals surface area contributed by atoms with Crippen LogP contribution in [0.3, 0.4) is 0 Å². The molecule has 7 aromatic rings. The van der Waals surface area contributed by atoms with Crippen LogP contribution in [-0.4, -0.2) is 0 Å². The average molecular weight is 801 g/mol. The Kier molecular flexibility index (Phi) is 9.60. The van der Waals surface area contributed by atoms with Gasteiger partial charge in [0.15, 0.2) is 0 Å². The van der Waals surface area contributed by atoms with Crippen LogP contribution in [0.2, 0.25) is 0 Å². The number of benzene rings is 6. The van der Waals surface area contributed by atoms with Crippen LogP contribution in [0, 0.1) is 0 Å². The SMILES string of the molecule is C=C/C(c1ccc(C2(c3ccccc3)c3ccccc3-c3ccccc32)cc1)=c1/oc2c(/c1=C/C)CCC=C2C.C=C/C=C1\C(=C)C(C)(C)c2cc3c(cc21)-c1ccccc1C3. The third kappa shape index (κ3) is 5.82. The van der Waals surface area contributed by atoms with E-state index in [0.717, 1.165) is 41.6 Å². The van der Waals surface area contributed by atoms with Crippen LogP contribution in [0.15, 0.2) is 194 Å². The van der Waals surface area contributed by atoms with Crippen molar-refractivity contribution in [2.24, 2.45) is 0 Å². The summed E-state index contributed by atoms with van der Waals surface area (Å²) in [6, 6.07) is 51.2. The highest BCUT2D eigenvalue weighted by molar-refractivity contribution is 5.93. The van der Waals surface area contributed by atoms with Crippen LogP contribution in [0.25, 0.3) is 45.0 Å². The lowest BCUT2D eigenvalue weighted by Gasteiger charge is -2.34. The summed E-state index contributed by atoms with van der Waals surface area (Å²) in [5.41, 5.74) is 23.8. The number of fused-ring (bicyclic) bond motifs is 8. The van der Waals surface area contributed by atoms with Gasteiger partial charge in [0.25, 0.3) is 0 Å². The molecule has 0 unspecified atom stereocenters. The average Bonchev–Trinajstić information content (AvgIpc) is 4.01. The largest absolute Gasteiger partial charge is 0.456 e. The summed E-state index contributed by atoms with van der Waals surface area (Å²) in [7, 11) is 0. The van der Waals surface area contributed by atoms with Gasteiger partial charge in [-0.1, -0.05) is 197 Å². The van der Waals surface area contributed by atoms with Crippen LogP contribution in [0.1, 0.15) is 95.5 Å². The molecule has 11 rings (SSSR count). The molecular weight excluding hydrogens is 749 g/mol. The van der Waals surface area contributed by atoms with E-state index in [2.05, 4.69) is 205 Å². The quantitative estimate of drug-likeness (QED) is 0.169. The normalized spacial score (nSPS) is 17.1. The Morgan fingerprint density at radius 2 is 1.29 bits per heavy atom. The van der Waals surface area contributed by atoms with Crippen molar-refractivity contribution in [2.75, 3.05) is 0 Å². The first-order valence-electron chi connectivity index (χ1n) is 22.0. The number of furan rings is 1. The molecule has 62 heavy (non-hydrogen) atoms. The highest BCUT2D eigenvalue weighted by Crippen LogP contribution is 2.56. The molecule has 0 aliphatic heterocycles. The predicted octanol–water partition coefficient (Wildman–Crippen LogP) is 13.9. The third-order valence-electron chi connectivity index (χ3n) is 14.0. The smallest absolute Gasteiger partial charge is 0.142 e. The fourth-order valence-electron chi connectivity index (χ4n) is 10.9. The van der Waals surface area contributed by atoms with Gasteiger partial charge < -0.3 is 4.42 Å². The van der Waals surface area contributed by atoms with Gasteiger partial charge in [0.05, 0.1) is 5.41 Å². The van der Waals surface area contributed by atoms with E-state index in [4.69, 9.17) is 4.42 Å². The Morgan fingerprint density at radius 3 is 1.95 bits per heavy atom. The van der Waals surface area contributed by atoms with Gasteiger partial charge in [-0.3, -0.25) is 0 Å². The van der Waals surface area contributed by atoms with Crippen molar-refractivity contribution in [1.29, 1.82) is 0 Å². The van der Waals surface area contributed by atoms with Crippen molar-refractivity contribution in [2.45, 2.75) is 57.8 Å². The summed E-state index contributed by atoms with van der Waals surface area (Å²) < 4.78 is 6.55. The number of hydrogen-bond donors (Lipinski definition) is 0. The topological polar surface area (TPSA) is 13.1 Å². The maximum Gasteiger partial charge on any atom is 0.142 e. The van der Waals surface area contributed by atoms with Crippen molar-refractivity contribution < 1.29 is 4.42 Å². The van der Waals surface area contributed by atoms with E-state index in [1.165, 1.54) is 94.3 Å².